The number of benzene rings is 1. The molecule has 98 valence electrons. The van der Waals surface area contributed by atoms with Crippen molar-refractivity contribution < 1.29 is 8.78 Å². The molecule has 3 rings (SSSR count). The van der Waals surface area contributed by atoms with Crippen LogP contribution < -0.4 is 5.32 Å². The fraction of sp³-hybridized carbons (Fsp3) is 0.286. The molecular formula is C14H13F2N3. The first-order valence-corrected chi connectivity index (χ1v) is 6.23. The van der Waals surface area contributed by atoms with Crippen molar-refractivity contribution in [1.29, 1.82) is 0 Å². The molecule has 0 radical (unpaired) electrons. The lowest BCUT2D eigenvalue weighted by molar-refractivity contribution is 0.585. The summed E-state index contributed by atoms with van der Waals surface area (Å²) in [7, 11) is 0. The van der Waals surface area contributed by atoms with Crippen molar-refractivity contribution in [1.82, 2.24) is 15.3 Å². The van der Waals surface area contributed by atoms with Crippen molar-refractivity contribution in [2.24, 2.45) is 0 Å². The zero-order chi connectivity index (χ0) is 13.2. The molecule has 0 bridgehead atoms. The standard InChI is InChI=1S/C14H13F2N3/c15-9-1-4-11(12(16)7-9)13-5-6-17-14(19-13)8-18-10-2-3-10/h1,4-7,10,18H,2-3,8H2. The van der Waals surface area contributed by atoms with Crippen LogP contribution in [-0.4, -0.2) is 16.0 Å². The highest BCUT2D eigenvalue weighted by atomic mass is 19.1. The predicted molar refractivity (Wildman–Crippen MR) is 67.2 cm³/mol. The van der Waals surface area contributed by atoms with E-state index in [4.69, 9.17) is 0 Å². The van der Waals surface area contributed by atoms with Crippen LogP contribution in [0.15, 0.2) is 30.5 Å². The van der Waals surface area contributed by atoms with Gasteiger partial charge in [0.25, 0.3) is 0 Å². The zero-order valence-electron chi connectivity index (χ0n) is 10.2. The molecule has 1 N–H and O–H groups in total. The molecule has 2 aromatic rings. The molecule has 1 saturated carbocycles. The van der Waals surface area contributed by atoms with E-state index in [-0.39, 0.29) is 5.56 Å². The maximum absolute atomic E-state index is 13.7. The minimum absolute atomic E-state index is 0.288. The SMILES string of the molecule is Fc1ccc(-c2ccnc(CNC3CC3)n2)c(F)c1. The smallest absolute Gasteiger partial charge is 0.142 e. The topological polar surface area (TPSA) is 37.8 Å². The molecule has 1 aliphatic carbocycles. The highest BCUT2D eigenvalue weighted by Crippen LogP contribution is 2.22. The number of hydrogen-bond acceptors (Lipinski definition) is 3. The highest BCUT2D eigenvalue weighted by Gasteiger charge is 2.20. The fourth-order valence-corrected chi connectivity index (χ4v) is 1.85. The monoisotopic (exact) mass is 261 g/mol. The summed E-state index contributed by atoms with van der Waals surface area (Å²) in [5.41, 5.74) is 0.761. The van der Waals surface area contributed by atoms with E-state index in [1.165, 1.54) is 25.0 Å². The molecule has 0 atom stereocenters. The van der Waals surface area contributed by atoms with Gasteiger partial charge in [-0.05, 0) is 31.0 Å². The van der Waals surface area contributed by atoms with Crippen LogP contribution in [0.4, 0.5) is 8.78 Å². The Kier molecular flexibility index (Phi) is 3.21. The molecule has 0 aliphatic heterocycles. The molecule has 3 nitrogen and oxygen atoms in total. The van der Waals surface area contributed by atoms with Gasteiger partial charge in [0, 0.05) is 23.9 Å². The summed E-state index contributed by atoms with van der Waals surface area (Å²) in [4.78, 5) is 8.44. The van der Waals surface area contributed by atoms with Gasteiger partial charge in [0.15, 0.2) is 0 Å². The summed E-state index contributed by atoms with van der Waals surface area (Å²) < 4.78 is 26.6. The molecule has 1 fully saturated rings. The molecule has 1 aliphatic rings. The fourth-order valence-electron chi connectivity index (χ4n) is 1.85. The first kappa shape index (κ1) is 12.2. The van der Waals surface area contributed by atoms with Gasteiger partial charge in [0.1, 0.15) is 17.5 Å². The van der Waals surface area contributed by atoms with Crippen LogP contribution in [0.25, 0.3) is 11.3 Å². The normalized spacial score (nSPS) is 14.6. The van der Waals surface area contributed by atoms with E-state index < -0.39 is 11.6 Å². The number of halogens is 2. The van der Waals surface area contributed by atoms with Crippen LogP contribution in [0.1, 0.15) is 18.7 Å². The summed E-state index contributed by atoms with van der Waals surface area (Å²) in [5.74, 6) is -0.584. The Morgan fingerprint density at radius 3 is 2.79 bits per heavy atom. The van der Waals surface area contributed by atoms with Gasteiger partial charge in [-0.25, -0.2) is 18.7 Å². The molecule has 1 aromatic carbocycles. The van der Waals surface area contributed by atoms with Crippen LogP contribution in [0.3, 0.4) is 0 Å². The molecule has 1 heterocycles. The van der Waals surface area contributed by atoms with Crippen molar-refractivity contribution >= 4 is 0 Å². The van der Waals surface area contributed by atoms with Crippen molar-refractivity contribution in [3.8, 4) is 11.3 Å². The molecule has 0 amide bonds. The Bertz CT molecular complexity index is 597. The Morgan fingerprint density at radius 1 is 1.21 bits per heavy atom. The molecule has 19 heavy (non-hydrogen) atoms. The molecule has 0 spiro atoms. The first-order valence-electron chi connectivity index (χ1n) is 6.23. The molecular weight excluding hydrogens is 248 g/mol. The van der Waals surface area contributed by atoms with Gasteiger partial charge in [-0.15, -0.1) is 0 Å². The van der Waals surface area contributed by atoms with Crippen LogP contribution in [-0.2, 0) is 6.54 Å². The van der Waals surface area contributed by atoms with Crippen molar-refractivity contribution in [2.75, 3.05) is 0 Å². The second kappa shape index (κ2) is 5.01. The van der Waals surface area contributed by atoms with Gasteiger partial charge >= 0.3 is 0 Å². The van der Waals surface area contributed by atoms with E-state index >= 15 is 0 Å². The lowest BCUT2D eigenvalue weighted by atomic mass is 10.1. The van der Waals surface area contributed by atoms with Gasteiger partial charge in [-0.3, -0.25) is 0 Å². The van der Waals surface area contributed by atoms with Gasteiger partial charge in [-0.2, -0.15) is 0 Å². The van der Waals surface area contributed by atoms with Crippen molar-refractivity contribution in [3.63, 3.8) is 0 Å². The molecule has 5 heteroatoms. The third-order valence-corrected chi connectivity index (χ3v) is 3.04. The van der Waals surface area contributed by atoms with E-state index in [0.717, 1.165) is 6.07 Å². The number of aromatic nitrogens is 2. The van der Waals surface area contributed by atoms with Gasteiger partial charge in [0.05, 0.1) is 12.2 Å². The summed E-state index contributed by atoms with van der Waals surface area (Å²) in [6.07, 6.45) is 3.97. The van der Waals surface area contributed by atoms with E-state index in [1.807, 2.05) is 0 Å². The average Bonchev–Trinajstić information content (AvgIpc) is 3.21. The Balaban J connectivity index is 1.84. The molecule has 0 saturated heterocycles. The summed E-state index contributed by atoms with van der Waals surface area (Å²) in [6, 6.07) is 5.67. The van der Waals surface area contributed by atoms with E-state index in [0.29, 0.717) is 24.1 Å². The number of hydrogen-bond donors (Lipinski definition) is 1. The summed E-state index contributed by atoms with van der Waals surface area (Å²) in [6.45, 7) is 0.571. The van der Waals surface area contributed by atoms with Gasteiger partial charge in [-0.1, -0.05) is 0 Å². The van der Waals surface area contributed by atoms with Gasteiger partial charge in [0.2, 0.25) is 0 Å². The Morgan fingerprint density at radius 2 is 2.05 bits per heavy atom. The third kappa shape index (κ3) is 2.93. The predicted octanol–water partition coefficient (Wildman–Crippen LogP) is 2.67. The second-order valence-electron chi connectivity index (χ2n) is 4.64. The number of rotatable bonds is 4. The summed E-state index contributed by atoms with van der Waals surface area (Å²) in [5, 5.41) is 3.30. The maximum atomic E-state index is 13.7. The van der Waals surface area contributed by atoms with E-state index in [9.17, 15) is 8.78 Å². The van der Waals surface area contributed by atoms with Crippen LogP contribution in [0, 0.1) is 11.6 Å². The average molecular weight is 261 g/mol. The van der Waals surface area contributed by atoms with Crippen molar-refractivity contribution in [3.05, 3.63) is 47.9 Å². The summed E-state index contributed by atoms with van der Waals surface area (Å²) >= 11 is 0. The Hall–Kier alpha value is -1.88. The first-order chi connectivity index (χ1) is 9.22. The quantitative estimate of drug-likeness (QED) is 0.919. The number of nitrogens with zero attached hydrogens (tertiary/aromatic N) is 2. The maximum Gasteiger partial charge on any atom is 0.142 e. The van der Waals surface area contributed by atoms with E-state index in [2.05, 4.69) is 15.3 Å². The highest BCUT2D eigenvalue weighted by molar-refractivity contribution is 5.59. The third-order valence-electron chi connectivity index (χ3n) is 3.04. The second-order valence-corrected chi connectivity index (χ2v) is 4.64. The van der Waals surface area contributed by atoms with E-state index in [1.54, 1.807) is 12.3 Å². The minimum atomic E-state index is -0.611. The largest absolute Gasteiger partial charge is 0.307 e. The minimum Gasteiger partial charge on any atom is -0.307 e. The Labute approximate surface area is 109 Å². The molecule has 1 aromatic heterocycles. The lowest BCUT2D eigenvalue weighted by Gasteiger charge is -2.06. The van der Waals surface area contributed by atoms with Gasteiger partial charge < -0.3 is 5.32 Å². The van der Waals surface area contributed by atoms with Crippen LogP contribution in [0.2, 0.25) is 0 Å². The van der Waals surface area contributed by atoms with Crippen LogP contribution >= 0.6 is 0 Å². The van der Waals surface area contributed by atoms with Crippen LogP contribution in [0.5, 0.6) is 0 Å². The number of nitrogens with one attached hydrogen (secondary N) is 1. The lowest BCUT2D eigenvalue weighted by Crippen LogP contribution is -2.17. The van der Waals surface area contributed by atoms with Crippen molar-refractivity contribution in [2.45, 2.75) is 25.4 Å². The zero-order valence-corrected chi connectivity index (χ0v) is 10.2. The molecule has 0 unspecified atom stereocenters.